The summed E-state index contributed by atoms with van der Waals surface area (Å²) in [6.07, 6.45) is -0.201. The molecule has 1 aliphatic carbocycles. The first kappa shape index (κ1) is 21.5. The summed E-state index contributed by atoms with van der Waals surface area (Å²) in [6, 6.07) is 7.97. The number of ether oxygens (including phenoxy) is 2. The molecule has 1 aromatic rings. The summed E-state index contributed by atoms with van der Waals surface area (Å²) < 4.78 is 23.7. The molecule has 1 amide bonds. The first-order valence-corrected chi connectivity index (χ1v) is 10.9. The molecular formula is C23H34BNO5. The Morgan fingerprint density at radius 1 is 1.07 bits per heavy atom. The Morgan fingerprint density at radius 3 is 2.10 bits per heavy atom. The highest BCUT2D eigenvalue weighted by Crippen LogP contribution is 2.52. The van der Waals surface area contributed by atoms with Gasteiger partial charge in [0.1, 0.15) is 11.4 Å². The molecule has 0 N–H and O–H groups in total. The van der Waals surface area contributed by atoms with Gasteiger partial charge in [-0.25, -0.2) is 4.79 Å². The summed E-state index contributed by atoms with van der Waals surface area (Å²) in [5, 5.41) is 0. The third kappa shape index (κ3) is 4.19. The Morgan fingerprint density at radius 2 is 1.60 bits per heavy atom. The van der Waals surface area contributed by atoms with Crippen LogP contribution in [0.5, 0.6) is 5.75 Å². The molecule has 3 fully saturated rings. The van der Waals surface area contributed by atoms with Gasteiger partial charge < -0.3 is 23.7 Å². The first-order valence-electron chi connectivity index (χ1n) is 10.9. The van der Waals surface area contributed by atoms with Crippen LogP contribution in [0.25, 0.3) is 0 Å². The molecule has 3 atom stereocenters. The van der Waals surface area contributed by atoms with Gasteiger partial charge in [-0.3, -0.25) is 0 Å². The second-order valence-corrected chi connectivity index (χ2v) is 10.8. The minimum Gasteiger partial charge on any atom is -0.493 e. The van der Waals surface area contributed by atoms with E-state index < -0.39 is 5.60 Å². The summed E-state index contributed by atoms with van der Waals surface area (Å²) in [7, 11) is -0.356. The van der Waals surface area contributed by atoms with E-state index in [1.165, 1.54) is 0 Å². The Kier molecular flexibility index (Phi) is 5.13. The zero-order chi connectivity index (χ0) is 21.9. The summed E-state index contributed by atoms with van der Waals surface area (Å²) in [5.41, 5.74) is -0.135. The number of nitrogens with zero attached hydrogens (tertiary/aromatic N) is 1. The molecule has 4 rings (SSSR count). The van der Waals surface area contributed by atoms with Gasteiger partial charge in [0.25, 0.3) is 0 Å². The van der Waals surface area contributed by atoms with Crippen LogP contribution in [0.4, 0.5) is 4.79 Å². The minimum absolute atomic E-state index is 0.201. The highest BCUT2D eigenvalue weighted by molar-refractivity contribution is 6.62. The van der Waals surface area contributed by atoms with Crippen LogP contribution in [0.2, 0.25) is 0 Å². The van der Waals surface area contributed by atoms with Gasteiger partial charge in [-0.15, -0.1) is 0 Å². The van der Waals surface area contributed by atoms with E-state index in [9.17, 15) is 4.79 Å². The molecule has 0 bridgehead atoms. The number of amides is 1. The van der Waals surface area contributed by atoms with Gasteiger partial charge in [0, 0.05) is 19.0 Å². The smallest absolute Gasteiger partial charge is 0.493 e. The molecular weight excluding hydrogens is 381 g/mol. The van der Waals surface area contributed by atoms with Crippen molar-refractivity contribution in [2.75, 3.05) is 19.7 Å². The lowest BCUT2D eigenvalue weighted by molar-refractivity contribution is 0.00578. The number of hydrogen-bond donors (Lipinski definition) is 0. The Hall–Kier alpha value is -1.73. The Bertz CT molecular complexity index is 773. The number of rotatable bonds is 4. The number of piperidine rings is 1. The molecule has 0 aromatic heterocycles. The minimum atomic E-state index is -0.446. The zero-order valence-corrected chi connectivity index (χ0v) is 19.2. The van der Waals surface area contributed by atoms with Crippen LogP contribution in [0.3, 0.4) is 0 Å². The molecule has 0 radical (unpaired) electrons. The number of fused-ring (bicyclic) bond motifs is 1. The number of carbonyl (C=O) groups excluding carboxylic acids is 1. The fourth-order valence-corrected chi connectivity index (χ4v) is 4.26. The summed E-state index contributed by atoms with van der Waals surface area (Å²) in [4.78, 5) is 14.0. The zero-order valence-electron chi connectivity index (χ0n) is 19.2. The van der Waals surface area contributed by atoms with Gasteiger partial charge in [-0.2, -0.15) is 0 Å². The number of likely N-dealkylation sites (tertiary alicyclic amines) is 1. The number of hydrogen-bond acceptors (Lipinski definition) is 5. The molecule has 0 spiro atoms. The molecule has 2 saturated heterocycles. The normalized spacial score (nSPS) is 29.0. The second-order valence-electron chi connectivity index (χ2n) is 10.8. The molecule has 2 aliphatic heterocycles. The van der Waals surface area contributed by atoms with Crippen molar-refractivity contribution in [1.29, 1.82) is 0 Å². The van der Waals surface area contributed by atoms with Crippen molar-refractivity contribution >= 4 is 18.7 Å². The highest BCUT2D eigenvalue weighted by Gasteiger charge is 2.57. The van der Waals surface area contributed by atoms with Crippen molar-refractivity contribution < 1.29 is 23.6 Å². The topological polar surface area (TPSA) is 57.2 Å². The fraction of sp³-hybridized carbons (Fsp3) is 0.696. The first-order chi connectivity index (χ1) is 13.9. The maximum atomic E-state index is 12.2. The number of carbonyl (C=O) groups is 1. The molecule has 30 heavy (non-hydrogen) atoms. The van der Waals surface area contributed by atoms with E-state index >= 15 is 0 Å². The lowest BCUT2D eigenvalue weighted by atomic mass is 9.79. The fourth-order valence-electron chi connectivity index (χ4n) is 4.26. The highest BCUT2D eigenvalue weighted by atomic mass is 16.7. The lowest BCUT2D eigenvalue weighted by Crippen LogP contribution is -2.41. The van der Waals surface area contributed by atoms with Gasteiger partial charge in [0.05, 0.1) is 17.8 Å². The average molecular weight is 415 g/mol. The van der Waals surface area contributed by atoms with Crippen molar-refractivity contribution in [3.8, 4) is 5.75 Å². The van der Waals surface area contributed by atoms with Crippen LogP contribution in [0, 0.1) is 17.8 Å². The van der Waals surface area contributed by atoms with Crippen molar-refractivity contribution in [3.63, 3.8) is 0 Å². The maximum Gasteiger partial charge on any atom is 0.494 e. The molecule has 1 aromatic carbocycles. The molecule has 2 unspecified atom stereocenters. The summed E-state index contributed by atoms with van der Waals surface area (Å²) in [5.74, 6) is 2.43. The average Bonchev–Trinajstić information content (AvgIpc) is 2.96. The van der Waals surface area contributed by atoms with E-state index in [4.69, 9.17) is 18.8 Å². The van der Waals surface area contributed by atoms with Crippen LogP contribution in [-0.2, 0) is 14.0 Å². The monoisotopic (exact) mass is 415 g/mol. The van der Waals surface area contributed by atoms with Crippen molar-refractivity contribution in [1.82, 2.24) is 4.90 Å². The van der Waals surface area contributed by atoms with Crippen LogP contribution in [-0.4, -0.2) is 54.6 Å². The maximum absolute atomic E-state index is 12.2. The van der Waals surface area contributed by atoms with Gasteiger partial charge in [0.2, 0.25) is 0 Å². The van der Waals surface area contributed by atoms with Crippen LogP contribution in [0.15, 0.2) is 24.3 Å². The van der Waals surface area contributed by atoms with Crippen molar-refractivity contribution in [2.45, 2.75) is 65.3 Å². The third-order valence-electron chi connectivity index (χ3n) is 6.87. The van der Waals surface area contributed by atoms with E-state index in [0.717, 1.165) is 24.3 Å². The third-order valence-corrected chi connectivity index (χ3v) is 6.87. The van der Waals surface area contributed by atoms with Crippen molar-refractivity contribution in [2.24, 2.45) is 17.8 Å². The number of benzene rings is 1. The molecule has 3 aliphatic rings. The second kappa shape index (κ2) is 7.16. The largest absolute Gasteiger partial charge is 0.494 e. The standard InChI is InChI=1S/C23H34BNO5/c1-21(2,3)28-20(26)25-12-17-18(13-25)19(17)14-27-16-10-8-15(9-11-16)24-29-22(4,5)23(6,7)30-24/h8-11,17-19H,12-14H2,1-7H3/t17-,18?,19?/m0/s1. The molecule has 164 valence electrons. The molecule has 6 nitrogen and oxygen atoms in total. The van der Waals surface area contributed by atoms with E-state index in [-0.39, 0.29) is 24.4 Å². The molecule has 7 heteroatoms. The lowest BCUT2D eigenvalue weighted by Gasteiger charge is -2.32. The SMILES string of the molecule is CC(C)(C)OC(=O)N1CC2C(COc3ccc(B4OC(C)(C)C(C)(C)O4)cc3)[C@H]2C1. The Balaban J connectivity index is 1.24. The van der Waals surface area contributed by atoms with Gasteiger partial charge in [-0.05, 0) is 77.9 Å². The predicted molar refractivity (Wildman–Crippen MR) is 116 cm³/mol. The summed E-state index contributed by atoms with van der Waals surface area (Å²) in [6.45, 7) is 16.2. The summed E-state index contributed by atoms with van der Waals surface area (Å²) >= 11 is 0. The molecule has 1 saturated carbocycles. The van der Waals surface area contributed by atoms with Gasteiger partial charge in [-0.1, -0.05) is 12.1 Å². The van der Waals surface area contributed by atoms with Gasteiger partial charge in [0.15, 0.2) is 0 Å². The molecule has 2 heterocycles. The predicted octanol–water partition coefficient (Wildman–Crippen LogP) is 3.48. The quantitative estimate of drug-likeness (QED) is 0.705. The van der Waals surface area contributed by atoms with Crippen LogP contribution >= 0.6 is 0 Å². The van der Waals surface area contributed by atoms with Crippen molar-refractivity contribution in [3.05, 3.63) is 24.3 Å². The Labute approximate surface area is 180 Å². The van der Waals surface area contributed by atoms with E-state index in [2.05, 4.69) is 27.7 Å². The van der Waals surface area contributed by atoms with E-state index in [0.29, 0.717) is 24.4 Å². The van der Waals surface area contributed by atoms with Crippen LogP contribution in [0.1, 0.15) is 48.5 Å². The van der Waals surface area contributed by atoms with Gasteiger partial charge >= 0.3 is 13.2 Å². The van der Waals surface area contributed by atoms with E-state index in [1.807, 2.05) is 49.9 Å². The van der Waals surface area contributed by atoms with Crippen LogP contribution < -0.4 is 10.2 Å². The van der Waals surface area contributed by atoms with E-state index in [1.54, 1.807) is 0 Å².